The van der Waals surface area contributed by atoms with Gasteiger partial charge in [0.1, 0.15) is 5.84 Å². The van der Waals surface area contributed by atoms with E-state index in [1.807, 2.05) is 18.2 Å². The highest BCUT2D eigenvalue weighted by Crippen LogP contribution is 2.42. The molecule has 0 amide bonds. The van der Waals surface area contributed by atoms with Gasteiger partial charge in [0.25, 0.3) is 0 Å². The first-order chi connectivity index (χ1) is 15.6. The molecule has 0 atom stereocenters. The lowest BCUT2D eigenvalue weighted by Crippen LogP contribution is -2.48. The van der Waals surface area contributed by atoms with Gasteiger partial charge in [-0.05, 0) is 85.6 Å². The third-order valence-corrected chi connectivity index (χ3v) is 6.97. The van der Waals surface area contributed by atoms with Gasteiger partial charge in [-0.3, -0.25) is 4.99 Å². The number of halogens is 1. The summed E-state index contributed by atoms with van der Waals surface area (Å²) in [6, 6.07) is 12.7. The number of amidine groups is 1. The molecule has 2 aliphatic rings. The van der Waals surface area contributed by atoms with Crippen LogP contribution >= 0.6 is 11.6 Å². The highest BCUT2D eigenvalue weighted by atomic mass is 35.5. The zero-order chi connectivity index (χ0) is 22.4. The molecule has 0 radical (unpaired) electrons. The van der Waals surface area contributed by atoms with E-state index in [0.29, 0.717) is 13.2 Å². The molecule has 2 aliphatic heterocycles. The van der Waals surface area contributed by atoms with Gasteiger partial charge in [0.15, 0.2) is 0 Å². The SMILES string of the molecule is COCCc1cc2c(cc1CCOC)NC(=NCc1cccc(Cl)c1)C1(CCNCC1)C2. The summed E-state index contributed by atoms with van der Waals surface area (Å²) in [4.78, 5) is 5.11. The molecule has 2 N–H and O–H groups in total. The van der Waals surface area contributed by atoms with Crippen molar-refractivity contribution in [2.24, 2.45) is 10.4 Å². The monoisotopic (exact) mass is 455 g/mol. The molecule has 0 aliphatic carbocycles. The third kappa shape index (κ3) is 5.34. The number of nitrogens with zero attached hydrogens (tertiary/aromatic N) is 1. The van der Waals surface area contributed by atoms with Crippen LogP contribution < -0.4 is 10.6 Å². The molecular formula is C26H34ClN3O2. The van der Waals surface area contributed by atoms with Crippen LogP contribution in [0.5, 0.6) is 0 Å². The number of benzene rings is 2. The molecule has 1 saturated heterocycles. The van der Waals surface area contributed by atoms with Crippen molar-refractivity contribution in [1.29, 1.82) is 0 Å². The number of aliphatic imine (C=N–C) groups is 1. The van der Waals surface area contributed by atoms with Crippen LogP contribution in [0, 0.1) is 5.41 Å². The minimum Gasteiger partial charge on any atom is -0.384 e. The van der Waals surface area contributed by atoms with Crippen LogP contribution in [0.1, 0.15) is 35.1 Å². The number of fused-ring (bicyclic) bond motifs is 1. The van der Waals surface area contributed by atoms with Crippen LogP contribution in [0.25, 0.3) is 0 Å². The number of nitrogens with one attached hydrogen (secondary N) is 2. The number of anilines is 1. The molecule has 32 heavy (non-hydrogen) atoms. The van der Waals surface area contributed by atoms with Gasteiger partial charge in [-0.2, -0.15) is 0 Å². The molecule has 0 unspecified atom stereocenters. The Kier molecular flexibility index (Phi) is 7.84. The second-order valence-electron chi connectivity index (χ2n) is 8.89. The molecule has 0 aromatic heterocycles. The second kappa shape index (κ2) is 10.8. The van der Waals surface area contributed by atoms with Gasteiger partial charge in [0.2, 0.25) is 0 Å². The summed E-state index contributed by atoms with van der Waals surface area (Å²) in [6.45, 7) is 4.12. The van der Waals surface area contributed by atoms with E-state index in [1.165, 1.54) is 22.4 Å². The maximum atomic E-state index is 6.19. The summed E-state index contributed by atoms with van der Waals surface area (Å²) < 4.78 is 10.7. The van der Waals surface area contributed by atoms with Crippen LogP contribution in [-0.4, -0.2) is 46.4 Å². The molecule has 6 heteroatoms. The molecule has 2 aromatic rings. The number of hydrogen-bond donors (Lipinski definition) is 2. The standard InChI is InChI=1S/C26H34ClN3O2/c1-31-12-6-20-15-22-17-26(8-10-28-11-9-26)25(29-18-19-4-3-5-23(27)14-19)30-24(22)16-21(20)7-13-32-2/h3-5,14-16,28H,6-13,17-18H2,1-2H3,(H,29,30). The van der Waals surface area contributed by atoms with Crippen molar-refractivity contribution in [3.8, 4) is 0 Å². The van der Waals surface area contributed by atoms with E-state index in [2.05, 4.69) is 28.8 Å². The average molecular weight is 456 g/mol. The Morgan fingerprint density at radius 1 is 1.00 bits per heavy atom. The molecule has 2 heterocycles. The lowest BCUT2D eigenvalue weighted by atomic mass is 9.70. The quantitative estimate of drug-likeness (QED) is 0.608. The second-order valence-corrected chi connectivity index (χ2v) is 9.33. The number of piperidine rings is 1. The van der Waals surface area contributed by atoms with E-state index in [1.54, 1.807) is 14.2 Å². The highest BCUT2D eigenvalue weighted by Gasteiger charge is 2.41. The zero-order valence-corrected chi connectivity index (χ0v) is 19.9. The lowest BCUT2D eigenvalue weighted by Gasteiger charge is -2.43. The van der Waals surface area contributed by atoms with Gasteiger partial charge < -0.3 is 20.1 Å². The van der Waals surface area contributed by atoms with Crippen molar-refractivity contribution in [2.45, 2.75) is 38.6 Å². The van der Waals surface area contributed by atoms with Gasteiger partial charge in [0, 0.05) is 30.3 Å². The van der Waals surface area contributed by atoms with E-state index in [-0.39, 0.29) is 5.41 Å². The van der Waals surface area contributed by atoms with Crippen LogP contribution in [0.3, 0.4) is 0 Å². The predicted octanol–water partition coefficient (Wildman–Crippen LogP) is 4.65. The van der Waals surface area contributed by atoms with Crippen LogP contribution in [0.2, 0.25) is 5.02 Å². The summed E-state index contributed by atoms with van der Waals surface area (Å²) in [5.41, 5.74) is 6.46. The first-order valence-electron chi connectivity index (χ1n) is 11.5. The summed E-state index contributed by atoms with van der Waals surface area (Å²) in [7, 11) is 3.52. The zero-order valence-electron chi connectivity index (χ0n) is 19.2. The molecule has 1 fully saturated rings. The van der Waals surface area contributed by atoms with Crippen molar-refractivity contribution in [1.82, 2.24) is 5.32 Å². The highest BCUT2D eigenvalue weighted by molar-refractivity contribution is 6.30. The first kappa shape index (κ1) is 23.2. The molecule has 5 nitrogen and oxygen atoms in total. The number of hydrogen-bond acceptors (Lipinski definition) is 4. The molecule has 172 valence electrons. The Labute approximate surface area is 196 Å². The van der Waals surface area contributed by atoms with Crippen molar-refractivity contribution < 1.29 is 9.47 Å². The topological polar surface area (TPSA) is 54.9 Å². The number of rotatable bonds is 8. The predicted molar refractivity (Wildman–Crippen MR) is 132 cm³/mol. The molecule has 2 aromatic carbocycles. The number of methoxy groups -OCH3 is 2. The van der Waals surface area contributed by atoms with Crippen LogP contribution in [0.15, 0.2) is 41.4 Å². The Hall–Kier alpha value is -1.92. The van der Waals surface area contributed by atoms with E-state index in [9.17, 15) is 0 Å². The lowest BCUT2D eigenvalue weighted by molar-refractivity contribution is 0.198. The van der Waals surface area contributed by atoms with Crippen molar-refractivity contribution in [2.75, 3.05) is 45.8 Å². The molecule has 4 rings (SSSR count). The Morgan fingerprint density at radius 2 is 1.72 bits per heavy atom. The van der Waals surface area contributed by atoms with Gasteiger partial charge >= 0.3 is 0 Å². The minimum absolute atomic E-state index is 0.0589. The molecule has 0 bridgehead atoms. The largest absolute Gasteiger partial charge is 0.384 e. The molecular weight excluding hydrogens is 422 g/mol. The van der Waals surface area contributed by atoms with Crippen LogP contribution in [-0.2, 0) is 35.3 Å². The fourth-order valence-electron chi connectivity index (χ4n) is 4.93. The van der Waals surface area contributed by atoms with Crippen LogP contribution in [0.4, 0.5) is 5.69 Å². The number of ether oxygens (including phenoxy) is 2. The minimum atomic E-state index is 0.0589. The molecule has 1 spiro atoms. The Morgan fingerprint density at radius 3 is 2.41 bits per heavy atom. The fourth-order valence-corrected chi connectivity index (χ4v) is 5.15. The van der Waals surface area contributed by atoms with Gasteiger partial charge in [-0.15, -0.1) is 0 Å². The summed E-state index contributed by atoms with van der Waals surface area (Å²) in [5.74, 6) is 1.12. The van der Waals surface area contributed by atoms with Crippen molar-refractivity contribution in [3.63, 3.8) is 0 Å². The fraction of sp³-hybridized carbons (Fsp3) is 0.500. The third-order valence-electron chi connectivity index (χ3n) is 6.73. The first-order valence-corrected chi connectivity index (χ1v) is 11.9. The normalized spacial score (nSPS) is 18.5. The Bertz CT molecular complexity index is 954. The van der Waals surface area contributed by atoms with Crippen molar-refractivity contribution >= 4 is 23.1 Å². The van der Waals surface area contributed by atoms with E-state index in [0.717, 1.165) is 68.2 Å². The summed E-state index contributed by atoms with van der Waals surface area (Å²) in [6.07, 6.45) is 5.02. The van der Waals surface area contributed by atoms with Gasteiger partial charge in [-0.25, -0.2) is 0 Å². The summed E-state index contributed by atoms with van der Waals surface area (Å²) >= 11 is 6.19. The van der Waals surface area contributed by atoms with E-state index >= 15 is 0 Å². The van der Waals surface area contributed by atoms with Crippen molar-refractivity contribution in [3.05, 3.63) is 63.7 Å². The maximum absolute atomic E-state index is 6.19. The average Bonchev–Trinajstić information content (AvgIpc) is 2.80. The molecule has 0 saturated carbocycles. The van der Waals surface area contributed by atoms with E-state index in [4.69, 9.17) is 26.1 Å². The maximum Gasteiger partial charge on any atom is 0.108 e. The Balaban J connectivity index is 1.67. The van der Waals surface area contributed by atoms with Gasteiger partial charge in [-0.1, -0.05) is 29.8 Å². The van der Waals surface area contributed by atoms with E-state index < -0.39 is 0 Å². The summed E-state index contributed by atoms with van der Waals surface area (Å²) in [5, 5.41) is 8.04. The van der Waals surface area contributed by atoms with Gasteiger partial charge in [0.05, 0.1) is 19.8 Å². The smallest absolute Gasteiger partial charge is 0.108 e.